The van der Waals surface area contributed by atoms with Gasteiger partial charge in [-0.15, -0.1) is 0 Å². The van der Waals surface area contributed by atoms with Crippen LogP contribution < -0.4 is 5.73 Å². The Hall–Kier alpha value is -0.160. The van der Waals surface area contributed by atoms with E-state index in [4.69, 9.17) is 5.73 Å². The van der Waals surface area contributed by atoms with E-state index in [1.165, 1.54) is 65.1 Å². The second-order valence-electron chi connectivity index (χ2n) is 7.14. The molecule has 2 bridgehead atoms. The molecular formula is C16H32N4. The fourth-order valence-corrected chi connectivity index (χ4v) is 4.73. The minimum atomic E-state index is 0.290. The third kappa shape index (κ3) is 2.41. The lowest BCUT2D eigenvalue weighted by Gasteiger charge is -2.59. The van der Waals surface area contributed by atoms with E-state index in [1.54, 1.807) is 0 Å². The van der Waals surface area contributed by atoms with Gasteiger partial charge < -0.3 is 10.6 Å². The molecule has 4 rings (SSSR count). The van der Waals surface area contributed by atoms with Crippen LogP contribution in [0.5, 0.6) is 0 Å². The van der Waals surface area contributed by atoms with Gasteiger partial charge in [-0.1, -0.05) is 6.92 Å². The zero-order chi connectivity index (χ0) is 14.2. The Morgan fingerprint density at radius 3 is 2.20 bits per heavy atom. The first-order chi connectivity index (χ1) is 9.69. The molecule has 0 amide bonds. The number of rotatable bonds is 4. The van der Waals surface area contributed by atoms with Gasteiger partial charge in [0.25, 0.3) is 0 Å². The Bertz CT molecular complexity index is 318. The zero-order valence-electron chi connectivity index (χ0n) is 13.4. The van der Waals surface area contributed by atoms with E-state index in [2.05, 4.69) is 28.5 Å². The number of hydrogen-bond donors (Lipinski definition) is 1. The summed E-state index contributed by atoms with van der Waals surface area (Å²) < 4.78 is 0. The molecule has 0 aliphatic carbocycles. The molecular weight excluding hydrogens is 248 g/mol. The molecule has 4 heteroatoms. The molecule has 0 radical (unpaired) electrons. The van der Waals surface area contributed by atoms with Crippen LogP contribution in [-0.2, 0) is 0 Å². The standard InChI is InChI=1S/C16H32N4/c1-3-14(2)19-8-10-20(11-9-19)16(12-17)13-18-6-4-15(16)5-7-18/h14-15H,3-13,17H2,1-2H3. The number of fused-ring (bicyclic) bond motifs is 3. The number of piperidine rings is 3. The predicted octanol–water partition coefficient (Wildman–Crippen LogP) is 0.826. The van der Waals surface area contributed by atoms with E-state index in [-0.39, 0.29) is 5.54 Å². The van der Waals surface area contributed by atoms with Crippen molar-refractivity contribution < 1.29 is 0 Å². The highest BCUT2D eigenvalue weighted by atomic mass is 15.3. The maximum absolute atomic E-state index is 6.29. The molecule has 20 heavy (non-hydrogen) atoms. The summed E-state index contributed by atoms with van der Waals surface area (Å²) in [6, 6.07) is 0.734. The quantitative estimate of drug-likeness (QED) is 0.827. The van der Waals surface area contributed by atoms with E-state index in [0.717, 1.165) is 18.5 Å². The molecule has 116 valence electrons. The van der Waals surface area contributed by atoms with Gasteiger partial charge in [-0.3, -0.25) is 9.80 Å². The van der Waals surface area contributed by atoms with Gasteiger partial charge in [0, 0.05) is 50.8 Å². The monoisotopic (exact) mass is 280 g/mol. The van der Waals surface area contributed by atoms with E-state index in [0.29, 0.717) is 0 Å². The van der Waals surface area contributed by atoms with E-state index in [9.17, 15) is 0 Å². The maximum Gasteiger partial charge on any atom is 0.0488 e. The lowest BCUT2D eigenvalue weighted by atomic mass is 9.71. The highest BCUT2D eigenvalue weighted by molar-refractivity contribution is 5.07. The van der Waals surface area contributed by atoms with Crippen molar-refractivity contribution in [1.29, 1.82) is 0 Å². The van der Waals surface area contributed by atoms with Crippen LogP contribution in [0.4, 0.5) is 0 Å². The topological polar surface area (TPSA) is 35.7 Å². The molecule has 2 unspecified atom stereocenters. The minimum absolute atomic E-state index is 0.290. The fourth-order valence-electron chi connectivity index (χ4n) is 4.73. The van der Waals surface area contributed by atoms with Gasteiger partial charge in [0.15, 0.2) is 0 Å². The third-order valence-corrected chi connectivity index (χ3v) is 6.36. The van der Waals surface area contributed by atoms with Crippen LogP contribution in [0, 0.1) is 5.92 Å². The van der Waals surface area contributed by atoms with Gasteiger partial charge in [0.05, 0.1) is 0 Å². The molecule has 0 saturated carbocycles. The summed E-state index contributed by atoms with van der Waals surface area (Å²) in [6.07, 6.45) is 3.99. The fraction of sp³-hybridized carbons (Fsp3) is 1.00. The van der Waals surface area contributed by atoms with Gasteiger partial charge >= 0.3 is 0 Å². The molecule has 0 aromatic carbocycles. The molecule has 0 aromatic heterocycles. The van der Waals surface area contributed by atoms with Gasteiger partial charge in [-0.05, 0) is 45.2 Å². The van der Waals surface area contributed by atoms with Crippen molar-refractivity contribution in [3.8, 4) is 0 Å². The Labute approximate surface area is 124 Å². The van der Waals surface area contributed by atoms with Gasteiger partial charge in [0.1, 0.15) is 0 Å². The number of hydrogen-bond acceptors (Lipinski definition) is 4. The van der Waals surface area contributed by atoms with Gasteiger partial charge in [-0.2, -0.15) is 0 Å². The molecule has 4 aliphatic rings. The van der Waals surface area contributed by atoms with Crippen LogP contribution in [-0.4, -0.2) is 78.6 Å². The Kier molecular flexibility index (Phi) is 4.37. The van der Waals surface area contributed by atoms with E-state index >= 15 is 0 Å². The zero-order valence-corrected chi connectivity index (χ0v) is 13.4. The molecule has 4 fully saturated rings. The lowest BCUT2D eigenvalue weighted by molar-refractivity contribution is -0.0851. The molecule has 4 nitrogen and oxygen atoms in total. The molecule has 4 heterocycles. The van der Waals surface area contributed by atoms with Gasteiger partial charge in [-0.25, -0.2) is 0 Å². The number of nitrogens with two attached hydrogens (primary N) is 1. The summed E-state index contributed by atoms with van der Waals surface area (Å²) in [4.78, 5) is 8.05. The molecule has 4 aliphatic heterocycles. The predicted molar refractivity (Wildman–Crippen MR) is 83.8 cm³/mol. The SMILES string of the molecule is CCC(C)N1CCN(C2(CN)CN3CCC2CC3)CC1. The van der Waals surface area contributed by atoms with Crippen molar-refractivity contribution in [1.82, 2.24) is 14.7 Å². The highest BCUT2D eigenvalue weighted by Crippen LogP contribution is 2.39. The Balaban J connectivity index is 1.66. The van der Waals surface area contributed by atoms with Crippen molar-refractivity contribution in [2.75, 3.05) is 52.4 Å². The van der Waals surface area contributed by atoms with Gasteiger partial charge in [0.2, 0.25) is 0 Å². The molecule has 2 atom stereocenters. The summed E-state index contributed by atoms with van der Waals surface area (Å²) in [7, 11) is 0. The van der Waals surface area contributed by atoms with E-state index in [1.807, 2.05) is 0 Å². The van der Waals surface area contributed by atoms with Crippen LogP contribution in [0.15, 0.2) is 0 Å². The number of nitrogens with zero attached hydrogens (tertiary/aromatic N) is 3. The maximum atomic E-state index is 6.29. The normalized spacial score (nSPS) is 41.0. The summed E-state index contributed by atoms with van der Waals surface area (Å²) in [5.74, 6) is 0.840. The smallest absolute Gasteiger partial charge is 0.0488 e. The van der Waals surface area contributed by atoms with Crippen molar-refractivity contribution in [3.05, 3.63) is 0 Å². The van der Waals surface area contributed by atoms with Crippen LogP contribution in [0.2, 0.25) is 0 Å². The molecule has 0 spiro atoms. The first kappa shape index (κ1) is 14.8. The highest BCUT2D eigenvalue weighted by Gasteiger charge is 2.49. The Morgan fingerprint density at radius 1 is 1.10 bits per heavy atom. The average molecular weight is 280 g/mol. The largest absolute Gasteiger partial charge is 0.329 e. The van der Waals surface area contributed by atoms with Crippen LogP contribution in [0.1, 0.15) is 33.1 Å². The summed E-state index contributed by atoms with van der Waals surface area (Å²) in [6.45, 7) is 14.2. The second-order valence-corrected chi connectivity index (χ2v) is 7.14. The molecule has 4 saturated heterocycles. The second kappa shape index (κ2) is 5.91. The third-order valence-electron chi connectivity index (χ3n) is 6.36. The average Bonchev–Trinajstić information content (AvgIpc) is 2.55. The van der Waals surface area contributed by atoms with Crippen molar-refractivity contribution in [2.24, 2.45) is 11.7 Å². The first-order valence-electron chi connectivity index (χ1n) is 8.61. The van der Waals surface area contributed by atoms with Crippen LogP contribution >= 0.6 is 0 Å². The number of piperazine rings is 1. The van der Waals surface area contributed by atoms with Crippen molar-refractivity contribution in [2.45, 2.75) is 44.7 Å². The Morgan fingerprint density at radius 2 is 1.75 bits per heavy atom. The summed E-state index contributed by atoms with van der Waals surface area (Å²) in [5, 5.41) is 0. The summed E-state index contributed by atoms with van der Waals surface area (Å²) >= 11 is 0. The molecule has 0 aromatic rings. The molecule has 2 N–H and O–H groups in total. The van der Waals surface area contributed by atoms with Crippen LogP contribution in [0.3, 0.4) is 0 Å². The first-order valence-corrected chi connectivity index (χ1v) is 8.61. The van der Waals surface area contributed by atoms with Crippen molar-refractivity contribution in [3.63, 3.8) is 0 Å². The van der Waals surface area contributed by atoms with E-state index < -0.39 is 0 Å². The minimum Gasteiger partial charge on any atom is -0.329 e. The van der Waals surface area contributed by atoms with Crippen molar-refractivity contribution >= 4 is 0 Å². The summed E-state index contributed by atoms with van der Waals surface area (Å²) in [5.41, 5.74) is 6.58. The lowest BCUT2D eigenvalue weighted by Crippen LogP contribution is -2.72. The van der Waals surface area contributed by atoms with Crippen LogP contribution in [0.25, 0.3) is 0 Å².